The molecule has 1 amide bonds. The molecule has 0 fully saturated rings. The number of hydrogen-bond acceptors (Lipinski definition) is 5. The number of hydrogen-bond donors (Lipinski definition) is 1. The fraction of sp³-hybridized carbons (Fsp3) is 0.0667. The largest absolute Gasteiger partial charge is 0.378 e. The van der Waals surface area contributed by atoms with E-state index in [2.05, 4.69) is 5.32 Å². The van der Waals surface area contributed by atoms with E-state index in [0.29, 0.717) is 12.0 Å². The van der Waals surface area contributed by atoms with Gasteiger partial charge >= 0.3 is 10.1 Å². The summed E-state index contributed by atoms with van der Waals surface area (Å²) in [7, 11) is -4.06. The van der Waals surface area contributed by atoms with Crippen molar-refractivity contribution >= 4 is 28.0 Å². The maximum absolute atomic E-state index is 12.2. The van der Waals surface area contributed by atoms with Gasteiger partial charge in [-0.05, 0) is 36.4 Å². The van der Waals surface area contributed by atoms with Gasteiger partial charge in [-0.25, -0.2) is 0 Å². The summed E-state index contributed by atoms with van der Waals surface area (Å²) in [5.74, 6) is -0.296. The van der Waals surface area contributed by atoms with Crippen LogP contribution < -0.4 is 9.50 Å². The van der Waals surface area contributed by atoms with Crippen LogP contribution in [0.15, 0.2) is 53.4 Å². The number of anilines is 1. The molecule has 0 saturated heterocycles. The predicted octanol–water partition coefficient (Wildman–Crippen LogP) is 2.23. The standard InChI is InChI=1S/C15H13NO5S/c1-11(18)16-13-6-8-14(9-7-13)22(19,20)21-15-5-3-2-4-12(15)10-17/h2-10H,1H3,(H,16,18). The number of nitrogens with one attached hydrogen (secondary N) is 1. The summed E-state index contributed by atoms with van der Waals surface area (Å²) in [6.45, 7) is 1.35. The van der Waals surface area contributed by atoms with Crippen LogP contribution in [0.1, 0.15) is 17.3 Å². The quantitative estimate of drug-likeness (QED) is 0.674. The van der Waals surface area contributed by atoms with Crippen LogP contribution in [0.3, 0.4) is 0 Å². The molecule has 0 aliphatic rings. The Hall–Kier alpha value is -2.67. The summed E-state index contributed by atoms with van der Waals surface area (Å²) in [6.07, 6.45) is 0.519. The van der Waals surface area contributed by atoms with Crippen LogP contribution in [0.2, 0.25) is 0 Å². The Balaban J connectivity index is 2.27. The highest BCUT2D eigenvalue weighted by atomic mass is 32.2. The van der Waals surface area contributed by atoms with Crippen molar-refractivity contribution in [3.8, 4) is 5.75 Å². The molecule has 0 bridgehead atoms. The highest BCUT2D eigenvalue weighted by Gasteiger charge is 2.18. The first-order chi connectivity index (χ1) is 10.4. The Kier molecular flexibility index (Phi) is 4.57. The maximum Gasteiger partial charge on any atom is 0.339 e. The summed E-state index contributed by atoms with van der Waals surface area (Å²) < 4.78 is 29.3. The average Bonchev–Trinajstić information content (AvgIpc) is 2.47. The van der Waals surface area contributed by atoms with Gasteiger partial charge < -0.3 is 9.50 Å². The zero-order chi connectivity index (χ0) is 16.2. The molecule has 0 aliphatic carbocycles. The minimum Gasteiger partial charge on any atom is -0.378 e. The van der Waals surface area contributed by atoms with E-state index < -0.39 is 10.1 Å². The van der Waals surface area contributed by atoms with Crippen LogP contribution in [0.4, 0.5) is 5.69 Å². The minimum absolute atomic E-state index is 0.0385. The molecular weight excluding hydrogens is 306 g/mol. The summed E-state index contributed by atoms with van der Waals surface area (Å²) in [5, 5.41) is 2.53. The van der Waals surface area contributed by atoms with Gasteiger partial charge in [-0.1, -0.05) is 12.1 Å². The molecule has 0 spiro atoms. The van der Waals surface area contributed by atoms with E-state index in [1.807, 2.05) is 0 Å². The zero-order valence-electron chi connectivity index (χ0n) is 11.6. The van der Waals surface area contributed by atoms with Gasteiger partial charge in [0.2, 0.25) is 5.91 Å². The van der Waals surface area contributed by atoms with Gasteiger partial charge in [0, 0.05) is 12.6 Å². The Bertz CT molecular complexity index is 797. The fourth-order valence-corrected chi connectivity index (χ4v) is 2.68. The minimum atomic E-state index is -4.06. The first kappa shape index (κ1) is 15.7. The van der Waals surface area contributed by atoms with Crippen molar-refractivity contribution in [1.29, 1.82) is 0 Å². The van der Waals surface area contributed by atoms with E-state index in [9.17, 15) is 18.0 Å². The summed E-state index contributed by atoms with van der Waals surface area (Å²) in [6, 6.07) is 11.5. The number of rotatable bonds is 5. The SMILES string of the molecule is CC(=O)Nc1ccc(S(=O)(=O)Oc2ccccc2C=O)cc1. The Morgan fingerprint density at radius 3 is 2.32 bits per heavy atom. The van der Waals surface area contributed by atoms with Crippen LogP contribution in [0.25, 0.3) is 0 Å². The summed E-state index contributed by atoms with van der Waals surface area (Å²) >= 11 is 0. The lowest BCUT2D eigenvalue weighted by Crippen LogP contribution is -2.11. The highest BCUT2D eigenvalue weighted by molar-refractivity contribution is 7.87. The lowest BCUT2D eigenvalue weighted by atomic mass is 10.2. The molecule has 2 rings (SSSR count). The maximum atomic E-state index is 12.2. The average molecular weight is 319 g/mol. The van der Waals surface area contributed by atoms with E-state index in [0.717, 1.165) is 0 Å². The molecule has 0 saturated carbocycles. The third kappa shape index (κ3) is 3.70. The molecule has 6 nitrogen and oxygen atoms in total. The highest BCUT2D eigenvalue weighted by Crippen LogP contribution is 2.22. The van der Waals surface area contributed by atoms with Gasteiger partial charge in [-0.3, -0.25) is 9.59 Å². The van der Waals surface area contributed by atoms with Crippen LogP contribution in [-0.4, -0.2) is 20.6 Å². The first-order valence-electron chi connectivity index (χ1n) is 6.29. The van der Waals surface area contributed by atoms with Crippen molar-refractivity contribution in [2.45, 2.75) is 11.8 Å². The van der Waals surface area contributed by atoms with E-state index in [4.69, 9.17) is 4.18 Å². The molecule has 114 valence electrons. The molecule has 0 atom stereocenters. The smallest absolute Gasteiger partial charge is 0.339 e. The number of carbonyl (C=O) groups is 2. The van der Waals surface area contributed by atoms with E-state index in [1.165, 1.54) is 43.3 Å². The van der Waals surface area contributed by atoms with E-state index >= 15 is 0 Å². The van der Waals surface area contributed by atoms with Crippen molar-refractivity contribution in [3.63, 3.8) is 0 Å². The van der Waals surface area contributed by atoms with Crippen LogP contribution in [0, 0.1) is 0 Å². The Morgan fingerprint density at radius 2 is 1.73 bits per heavy atom. The topological polar surface area (TPSA) is 89.5 Å². The number of amides is 1. The molecule has 2 aromatic carbocycles. The van der Waals surface area contributed by atoms with Gasteiger partial charge in [0.15, 0.2) is 12.0 Å². The summed E-state index contributed by atoms with van der Waals surface area (Å²) in [5.41, 5.74) is 0.612. The van der Waals surface area contributed by atoms with Gasteiger partial charge in [0.05, 0.1) is 5.56 Å². The monoisotopic (exact) mass is 319 g/mol. The second-order valence-electron chi connectivity index (χ2n) is 4.40. The van der Waals surface area contributed by atoms with Crippen molar-refractivity contribution in [2.24, 2.45) is 0 Å². The van der Waals surface area contributed by atoms with Crippen LogP contribution in [0.5, 0.6) is 5.75 Å². The Labute approximate surface area is 127 Å². The second kappa shape index (κ2) is 6.40. The van der Waals surface area contributed by atoms with Crippen molar-refractivity contribution in [1.82, 2.24) is 0 Å². The molecule has 0 aromatic heterocycles. The molecule has 0 unspecified atom stereocenters. The van der Waals surface area contributed by atoms with Crippen molar-refractivity contribution in [3.05, 3.63) is 54.1 Å². The van der Waals surface area contributed by atoms with Crippen molar-refractivity contribution < 1.29 is 22.2 Å². The number of aldehydes is 1. The van der Waals surface area contributed by atoms with Crippen LogP contribution >= 0.6 is 0 Å². The number of carbonyl (C=O) groups excluding carboxylic acids is 2. The molecule has 0 heterocycles. The fourth-order valence-electron chi connectivity index (χ4n) is 1.73. The van der Waals surface area contributed by atoms with E-state index in [-0.39, 0.29) is 22.1 Å². The molecule has 0 aliphatic heterocycles. The van der Waals surface area contributed by atoms with Crippen LogP contribution in [-0.2, 0) is 14.9 Å². The van der Waals surface area contributed by atoms with Gasteiger partial charge in [-0.2, -0.15) is 8.42 Å². The lowest BCUT2D eigenvalue weighted by molar-refractivity contribution is -0.114. The molecule has 7 heteroatoms. The molecular formula is C15H13NO5S. The zero-order valence-corrected chi connectivity index (χ0v) is 12.5. The Morgan fingerprint density at radius 1 is 1.09 bits per heavy atom. The van der Waals surface area contributed by atoms with Gasteiger partial charge in [0.25, 0.3) is 0 Å². The van der Waals surface area contributed by atoms with Gasteiger partial charge in [-0.15, -0.1) is 0 Å². The normalized spacial score (nSPS) is 10.8. The first-order valence-corrected chi connectivity index (χ1v) is 7.69. The third-order valence-corrected chi connectivity index (χ3v) is 3.96. The second-order valence-corrected chi connectivity index (χ2v) is 5.95. The number of benzene rings is 2. The lowest BCUT2D eigenvalue weighted by Gasteiger charge is -2.09. The predicted molar refractivity (Wildman–Crippen MR) is 80.4 cm³/mol. The van der Waals surface area contributed by atoms with Crippen molar-refractivity contribution in [2.75, 3.05) is 5.32 Å². The molecule has 1 N–H and O–H groups in total. The molecule has 22 heavy (non-hydrogen) atoms. The molecule has 2 aromatic rings. The van der Waals surface area contributed by atoms with Gasteiger partial charge in [0.1, 0.15) is 4.90 Å². The third-order valence-electron chi connectivity index (χ3n) is 2.71. The molecule has 0 radical (unpaired) electrons. The summed E-state index contributed by atoms with van der Waals surface area (Å²) in [4.78, 5) is 21.7. The van der Waals surface area contributed by atoms with E-state index in [1.54, 1.807) is 12.1 Å². The number of para-hydroxylation sites is 1.